The second-order valence-electron chi connectivity index (χ2n) is 3.19. The maximum atomic E-state index is 10.8. The number of rotatable bonds is 2. The molecule has 2 nitrogen and oxygen atoms in total. The number of carbonyl (C=O) groups excluding carboxylic acids is 1. The third-order valence-corrected chi connectivity index (χ3v) is 0.801. The Morgan fingerprint density at radius 3 is 2.18 bits per heavy atom. The smallest absolute Gasteiger partial charge is 0.303 e. The predicted octanol–water partition coefficient (Wildman–Crippen LogP) is 1.94. The molecule has 0 aliphatic carbocycles. The van der Waals surface area contributed by atoms with Crippen molar-refractivity contribution in [2.75, 3.05) is 0 Å². The molecule has 0 fully saturated rings. The Labute approximate surface area is 83.0 Å². The zero-order chi connectivity index (χ0) is 8.20. The molecule has 11 heavy (non-hydrogen) atoms. The SMILES string of the molecule is [CH2-]CCC(=O)OC(C)(C)C.[W]. The molecule has 0 bridgehead atoms. The van der Waals surface area contributed by atoms with E-state index in [1.54, 1.807) is 0 Å². The van der Waals surface area contributed by atoms with Crippen LogP contribution in [0.25, 0.3) is 0 Å². The van der Waals surface area contributed by atoms with Crippen LogP contribution in [0.3, 0.4) is 0 Å². The van der Waals surface area contributed by atoms with E-state index in [0.29, 0.717) is 12.8 Å². The van der Waals surface area contributed by atoms with Gasteiger partial charge in [0.25, 0.3) is 0 Å². The van der Waals surface area contributed by atoms with Crippen LogP contribution in [-0.2, 0) is 30.6 Å². The Kier molecular flexibility index (Phi) is 7.19. The van der Waals surface area contributed by atoms with Gasteiger partial charge in [0.05, 0.1) is 0 Å². The van der Waals surface area contributed by atoms with Crippen LogP contribution in [0.4, 0.5) is 0 Å². The fourth-order valence-electron chi connectivity index (χ4n) is 0.537. The summed E-state index contributed by atoms with van der Waals surface area (Å²) in [6, 6.07) is 0. The first kappa shape index (κ1) is 13.7. The predicted molar refractivity (Wildman–Crippen MR) is 40.4 cm³/mol. The fraction of sp³-hybridized carbons (Fsp3) is 0.750. The van der Waals surface area contributed by atoms with E-state index in [1.807, 2.05) is 20.8 Å². The van der Waals surface area contributed by atoms with E-state index in [9.17, 15) is 4.79 Å². The molecule has 0 heterocycles. The molecule has 0 amide bonds. The molecule has 0 unspecified atom stereocenters. The minimum atomic E-state index is -0.355. The maximum Gasteiger partial charge on any atom is 0.303 e. The topological polar surface area (TPSA) is 26.3 Å². The van der Waals surface area contributed by atoms with E-state index >= 15 is 0 Å². The summed E-state index contributed by atoms with van der Waals surface area (Å²) < 4.78 is 5.00. The molecule has 0 aliphatic heterocycles. The molecule has 0 aromatic heterocycles. The van der Waals surface area contributed by atoms with Crippen molar-refractivity contribution in [2.24, 2.45) is 0 Å². The van der Waals surface area contributed by atoms with Gasteiger partial charge in [-0.25, -0.2) is 0 Å². The van der Waals surface area contributed by atoms with Crippen LogP contribution in [0, 0.1) is 6.92 Å². The fourth-order valence-corrected chi connectivity index (χ4v) is 0.537. The summed E-state index contributed by atoms with van der Waals surface area (Å²) in [5, 5.41) is 0. The quantitative estimate of drug-likeness (QED) is 0.572. The summed E-state index contributed by atoms with van der Waals surface area (Å²) in [6.45, 7) is 9.12. The maximum absolute atomic E-state index is 10.8. The second-order valence-corrected chi connectivity index (χ2v) is 3.19. The van der Waals surface area contributed by atoms with Crippen molar-refractivity contribution in [1.82, 2.24) is 0 Å². The van der Waals surface area contributed by atoms with E-state index in [0.717, 1.165) is 0 Å². The van der Waals surface area contributed by atoms with E-state index in [4.69, 9.17) is 4.74 Å². The van der Waals surface area contributed by atoms with Gasteiger partial charge in [-0.1, -0.05) is 0 Å². The third kappa shape index (κ3) is 10.2. The van der Waals surface area contributed by atoms with Gasteiger partial charge in [0.1, 0.15) is 5.60 Å². The molecule has 0 radical (unpaired) electrons. The molecular formula is C8H15O2W-. The minimum Gasteiger partial charge on any atom is -0.460 e. The van der Waals surface area contributed by atoms with Crippen molar-refractivity contribution in [3.8, 4) is 0 Å². The molecular weight excluding hydrogens is 312 g/mol. The Morgan fingerprint density at radius 1 is 1.45 bits per heavy atom. The standard InChI is InChI=1S/C8H15O2.W/c1-5-6-7(9)10-8(2,3)4;/h1,5-6H2,2-4H3;/q-1;. The van der Waals surface area contributed by atoms with Crippen molar-refractivity contribution < 1.29 is 30.6 Å². The summed E-state index contributed by atoms with van der Waals surface area (Å²) in [5.41, 5.74) is -0.355. The first-order valence-electron chi connectivity index (χ1n) is 3.47. The van der Waals surface area contributed by atoms with Crippen molar-refractivity contribution in [3.63, 3.8) is 0 Å². The molecule has 66 valence electrons. The molecule has 0 saturated heterocycles. The van der Waals surface area contributed by atoms with Gasteiger partial charge in [-0.05, 0) is 20.8 Å². The average molecular weight is 327 g/mol. The number of carbonyl (C=O) groups is 1. The number of esters is 1. The summed E-state index contributed by atoms with van der Waals surface area (Å²) >= 11 is 0. The van der Waals surface area contributed by atoms with E-state index in [1.165, 1.54) is 0 Å². The van der Waals surface area contributed by atoms with Gasteiger partial charge in [0.2, 0.25) is 0 Å². The molecule has 0 atom stereocenters. The van der Waals surface area contributed by atoms with Gasteiger partial charge in [-0.3, -0.25) is 4.79 Å². The first-order valence-corrected chi connectivity index (χ1v) is 3.47. The molecule has 0 spiro atoms. The molecule has 0 saturated carbocycles. The third-order valence-electron chi connectivity index (χ3n) is 0.801. The second kappa shape index (κ2) is 5.76. The molecule has 0 aliphatic rings. The Morgan fingerprint density at radius 2 is 1.91 bits per heavy atom. The van der Waals surface area contributed by atoms with Gasteiger partial charge < -0.3 is 11.7 Å². The normalized spacial score (nSPS) is 10.2. The van der Waals surface area contributed by atoms with Crippen LogP contribution < -0.4 is 0 Å². The molecule has 0 N–H and O–H groups in total. The number of ether oxygens (including phenoxy) is 1. The Bertz CT molecular complexity index is 116. The Hall–Kier alpha value is 0.158. The number of hydrogen-bond donors (Lipinski definition) is 0. The van der Waals surface area contributed by atoms with E-state index in [-0.39, 0.29) is 32.6 Å². The zero-order valence-electron chi connectivity index (χ0n) is 7.35. The molecule has 0 aromatic rings. The van der Waals surface area contributed by atoms with Gasteiger partial charge in [-0.15, -0.1) is 0 Å². The monoisotopic (exact) mass is 327 g/mol. The van der Waals surface area contributed by atoms with Crippen molar-refractivity contribution in [1.29, 1.82) is 0 Å². The van der Waals surface area contributed by atoms with E-state index < -0.39 is 0 Å². The summed E-state index contributed by atoms with van der Waals surface area (Å²) in [7, 11) is 0. The Balaban J connectivity index is 0. The van der Waals surface area contributed by atoms with Gasteiger partial charge in [0.15, 0.2) is 0 Å². The summed E-state index contributed by atoms with van der Waals surface area (Å²) in [6.07, 6.45) is 1.02. The van der Waals surface area contributed by atoms with Crippen LogP contribution in [0.15, 0.2) is 0 Å². The van der Waals surface area contributed by atoms with Crippen LogP contribution >= 0.6 is 0 Å². The summed E-state index contributed by atoms with van der Waals surface area (Å²) in [5.74, 6) is -0.164. The van der Waals surface area contributed by atoms with Gasteiger partial charge in [-0.2, -0.15) is 6.42 Å². The van der Waals surface area contributed by atoms with Crippen LogP contribution in [0.1, 0.15) is 33.6 Å². The summed E-state index contributed by atoms with van der Waals surface area (Å²) in [4.78, 5) is 10.8. The van der Waals surface area contributed by atoms with Crippen molar-refractivity contribution in [2.45, 2.75) is 39.2 Å². The minimum absolute atomic E-state index is 0. The van der Waals surface area contributed by atoms with Gasteiger partial charge >= 0.3 is 5.97 Å². The van der Waals surface area contributed by atoms with E-state index in [2.05, 4.69) is 6.92 Å². The number of hydrogen-bond acceptors (Lipinski definition) is 2. The molecule has 3 heteroatoms. The largest absolute Gasteiger partial charge is 0.460 e. The van der Waals surface area contributed by atoms with Crippen LogP contribution in [0.5, 0.6) is 0 Å². The van der Waals surface area contributed by atoms with Crippen molar-refractivity contribution >= 4 is 5.97 Å². The average Bonchev–Trinajstić information content (AvgIpc) is 1.59. The molecule has 0 rings (SSSR count). The van der Waals surface area contributed by atoms with Crippen LogP contribution in [0.2, 0.25) is 0 Å². The first-order chi connectivity index (χ1) is 4.45. The zero-order valence-corrected chi connectivity index (χ0v) is 10.3. The van der Waals surface area contributed by atoms with Crippen molar-refractivity contribution in [3.05, 3.63) is 6.92 Å². The molecule has 0 aromatic carbocycles. The van der Waals surface area contributed by atoms with Crippen LogP contribution in [-0.4, -0.2) is 11.6 Å². The van der Waals surface area contributed by atoms with Gasteiger partial charge in [0, 0.05) is 27.5 Å².